The number of rotatable bonds is 10. The summed E-state index contributed by atoms with van der Waals surface area (Å²) in [4.78, 5) is 4.90. The van der Waals surface area contributed by atoms with Gasteiger partial charge in [-0.15, -0.1) is 0 Å². The van der Waals surface area contributed by atoms with Gasteiger partial charge in [0.05, 0.1) is 28.1 Å². The van der Waals surface area contributed by atoms with Crippen LogP contribution in [0.15, 0.2) is 134 Å². The van der Waals surface area contributed by atoms with Crippen molar-refractivity contribution in [1.82, 2.24) is 14.1 Å². The number of nitrogens with zero attached hydrogens (tertiary/aromatic N) is 4. The first-order valence-electron chi connectivity index (χ1n) is 21.2. The maximum atomic E-state index is 6.93. The van der Waals surface area contributed by atoms with Gasteiger partial charge in [0.1, 0.15) is 17.3 Å². The molecule has 0 aliphatic heterocycles. The third-order valence-corrected chi connectivity index (χ3v) is 11.1. The second kappa shape index (κ2) is 15.7. The molecule has 0 fully saturated rings. The molecule has 0 N–H and O–H groups in total. The van der Waals surface area contributed by atoms with E-state index in [1.54, 1.807) is 0 Å². The van der Waals surface area contributed by atoms with Gasteiger partial charge in [0.25, 0.3) is 6.33 Å². The fourth-order valence-electron chi connectivity index (χ4n) is 8.26. The van der Waals surface area contributed by atoms with Crippen LogP contribution in [-0.4, -0.2) is 14.1 Å². The van der Waals surface area contributed by atoms with Crippen LogP contribution >= 0.6 is 0 Å². The SMILES string of the molecule is CC(C)Cc1cc(CC(C)C)cc(-[n+]2[c-]n(-c3cc(Oc4ccc5c6ccccc6n(-c6cc(C(C)(C)C)ccn6)c5c4)cc(-c4ccccc4)c3)c(C(C)(C)C)c2)c1. The van der Waals surface area contributed by atoms with E-state index in [1.165, 1.54) is 22.1 Å². The van der Waals surface area contributed by atoms with Crippen LogP contribution in [0.25, 0.3) is 50.1 Å². The average Bonchev–Trinajstić information content (AvgIpc) is 3.78. The third-order valence-electron chi connectivity index (χ3n) is 11.1. The number of pyridine rings is 1. The molecule has 5 aromatic carbocycles. The number of para-hydroxylation sites is 1. The van der Waals surface area contributed by atoms with Crippen LogP contribution in [0.3, 0.4) is 0 Å². The standard InChI is InChI=1S/C54H58N4O/c1-36(2)24-38-26-39(25-37(3)4)28-43(27-38)56-34-51(54(8,9)10)57(35-56)44-29-41(40-16-12-11-13-17-40)30-46(32-44)59-45-20-21-48-47-18-14-15-19-49(47)58(50(48)33-45)52-31-42(22-23-55-52)53(5,6)7/h11-23,26-34,36-37H,24-25H2,1-10H3. The Bertz CT molecular complexity index is 2740. The Balaban J connectivity index is 1.27. The first-order chi connectivity index (χ1) is 28.1. The largest absolute Gasteiger partial charge is 0.458 e. The molecular formula is C54H58N4O. The van der Waals surface area contributed by atoms with Gasteiger partial charge >= 0.3 is 0 Å². The van der Waals surface area contributed by atoms with Crippen molar-refractivity contribution in [2.45, 2.75) is 92.9 Å². The smallest absolute Gasteiger partial charge is 0.269 e. The fraction of sp³-hybridized carbons (Fsp3) is 0.296. The molecule has 0 saturated carbocycles. The van der Waals surface area contributed by atoms with Crippen molar-refractivity contribution in [1.29, 1.82) is 0 Å². The van der Waals surface area contributed by atoms with E-state index in [2.05, 4.69) is 217 Å². The summed E-state index contributed by atoms with van der Waals surface area (Å²) in [6, 6.07) is 43.5. The van der Waals surface area contributed by atoms with E-state index >= 15 is 0 Å². The van der Waals surface area contributed by atoms with E-state index in [9.17, 15) is 0 Å². The van der Waals surface area contributed by atoms with Gasteiger partial charge in [-0.3, -0.25) is 13.7 Å². The Kier molecular flexibility index (Phi) is 10.6. The minimum absolute atomic E-state index is 0.00995. The van der Waals surface area contributed by atoms with Gasteiger partial charge in [0, 0.05) is 29.2 Å². The number of ether oxygens (including phenoxy) is 1. The summed E-state index contributed by atoms with van der Waals surface area (Å²) in [7, 11) is 0. The topological polar surface area (TPSA) is 35.9 Å². The maximum absolute atomic E-state index is 6.93. The molecule has 0 radical (unpaired) electrons. The monoisotopic (exact) mass is 778 g/mol. The van der Waals surface area contributed by atoms with Crippen LogP contribution in [0, 0.1) is 18.2 Å². The van der Waals surface area contributed by atoms with Crippen LogP contribution in [0.1, 0.15) is 91.6 Å². The molecule has 8 rings (SSSR count). The van der Waals surface area contributed by atoms with Crippen molar-refractivity contribution in [3.63, 3.8) is 0 Å². The van der Waals surface area contributed by atoms with E-state index in [0.717, 1.165) is 74.8 Å². The third kappa shape index (κ3) is 8.48. The highest BCUT2D eigenvalue weighted by Gasteiger charge is 2.24. The lowest BCUT2D eigenvalue weighted by Crippen LogP contribution is -2.29. The van der Waals surface area contributed by atoms with Crippen LogP contribution in [0.4, 0.5) is 0 Å². The minimum Gasteiger partial charge on any atom is -0.458 e. The molecule has 3 heterocycles. The first kappa shape index (κ1) is 39.9. The summed E-state index contributed by atoms with van der Waals surface area (Å²) in [6.07, 6.45) is 10.1. The van der Waals surface area contributed by atoms with Gasteiger partial charge in [-0.1, -0.05) is 135 Å². The highest BCUT2D eigenvalue weighted by Crippen LogP contribution is 2.38. The number of fused-ring (bicyclic) bond motifs is 3. The minimum atomic E-state index is -0.168. The molecule has 3 aromatic heterocycles. The van der Waals surface area contributed by atoms with Crippen molar-refractivity contribution >= 4 is 21.8 Å². The second-order valence-corrected chi connectivity index (χ2v) is 19.1. The number of benzene rings is 5. The zero-order chi connectivity index (χ0) is 41.6. The summed E-state index contributed by atoms with van der Waals surface area (Å²) in [5.41, 5.74) is 11.4. The molecule has 0 bridgehead atoms. The van der Waals surface area contributed by atoms with Crippen LogP contribution in [-0.2, 0) is 23.7 Å². The summed E-state index contributed by atoms with van der Waals surface area (Å²) in [5, 5.41) is 2.34. The van der Waals surface area contributed by atoms with E-state index in [-0.39, 0.29) is 10.8 Å². The Morgan fingerprint density at radius 1 is 0.627 bits per heavy atom. The van der Waals surface area contributed by atoms with Gasteiger partial charge in [0.15, 0.2) is 0 Å². The summed E-state index contributed by atoms with van der Waals surface area (Å²) >= 11 is 0. The average molecular weight is 779 g/mol. The van der Waals surface area contributed by atoms with Crippen LogP contribution < -0.4 is 9.30 Å². The van der Waals surface area contributed by atoms with Crippen LogP contribution in [0.2, 0.25) is 0 Å². The van der Waals surface area contributed by atoms with Crippen molar-refractivity contribution in [2.24, 2.45) is 11.8 Å². The number of hydrogen-bond acceptors (Lipinski definition) is 2. The molecule has 5 heteroatoms. The first-order valence-corrected chi connectivity index (χ1v) is 21.2. The Morgan fingerprint density at radius 2 is 1.31 bits per heavy atom. The van der Waals surface area contributed by atoms with E-state index < -0.39 is 0 Å². The molecule has 0 aliphatic carbocycles. The Hall–Kier alpha value is -5.94. The van der Waals surface area contributed by atoms with Crippen molar-refractivity contribution < 1.29 is 9.30 Å². The normalized spacial score (nSPS) is 12.3. The van der Waals surface area contributed by atoms with Crippen molar-refractivity contribution in [2.75, 3.05) is 0 Å². The second-order valence-electron chi connectivity index (χ2n) is 19.1. The van der Waals surface area contributed by atoms with Gasteiger partial charge in [-0.2, -0.15) is 0 Å². The fourth-order valence-corrected chi connectivity index (χ4v) is 8.26. The van der Waals surface area contributed by atoms with Crippen LogP contribution in [0.5, 0.6) is 11.5 Å². The molecule has 0 spiro atoms. The zero-order valence-electron chi connectivity index (χ0n) is 36.5. The van der Waals surface area contributed by atoms with E-state index in [0.29, 0.717) is 11.8 Å². The van der Waals surface area contributed by atoms with Crippen molar-refractivity contribution in [3.05, 3.63) is 162 Å². The predicted molar refractivity (Wildman–Crippen MR) is 245 cm³/mol. The van der Waals surface area contributed by atoms with Gasteiger partial charge in [-0.25, -0.2) is 4.98 Å². The molecule has 8 aromatic rings. The molecule has 0 unspecified atom stereocenters. The Labute approximate surface area is 351 Å². The predicted octanol–water partition coefficient (Wildman–Crippen LogP) is 13.5. The molecule has 59 heavy (non-hydrogen) atoms. The summed E-state index contributed by atoms with van der Waals surface area (Å²) < 4.78 is 13.6. The van der Waals surface area contributed by atoms with E-state index in [1.807, 2.05) is 6.20 Å². The van der Waals surface area contributed by atoms with Crippen molar-refractivity contribution in [3.8, 4) is 39.8 Å². The number of aromatic nitrogens is 4. The lowest BCUT2D eigenvalue weighted by Gasteiger charge is -2.21. The summed E-state index contributed by atoms with van der Waals surface area (Å²) in [6.45, 7) is 22.7. The molecule has 0 saturated heterocycles. The molecular weight excluding hydrogens is 721 g/mol. The highest BCUT2D eigenvalue weighted by molar-refractivity contribution is 6.09. The van der Waals surface area contributed by atoms with Gasteiger partial charge < -0.3 is 4.74 Å². The maximum Gasteiger partial charge on any atom is 0.269 e. The zero-order valence-corrected chi connectivity index (χ0v) is 36.5. The summed E-state index contributed by atoms with van der Waals surface area (Å²) in [5.74, 6) is 3.54. The molecule has 0 amide bonds. The van der Waals surface area contributed by atoms with Gasteiger partial charge in [0.2, 0.25) is 0 Å². The lowest BCUT2D eigenvalue weighted by atomic mass is 9.88. The molecule has 300 valence electrons. The number of imidazole rings is 1. The lowest BCUT2D eigenvalue weighted by molar-refractivity contribution is -0.599. The van der Waals surface area contributed by atoms with E-state index in [4.69, 9.17) is 9.72 Å². The molecule has 0 aliphatic rings. The number of hydrogen-bond donors (Lipinski definition) is 0. The van der Waals surface area contributed by atoms with Gasteiger partial charge in [-0.05, 0) is 113 Å². The highest BCUT2D eigenvalue weighted by atomic mass is 16.5. The molecule has 5 nitrogen and oxygen atoms in total. The molecule has 0 atom stereocenters. The quantitative estimate of drug-likeness (QED) is 0.102. The Morgan fingerprint density at radius 3 is 1.98 bits per heavy atom.